The number of ether oxygens (including phenoxy) is 2. The summed E-state index contributed by atoms with van der Waals surface area (Å²) in [5, 5.41) is 6.95. The van der Waals surface area contributed by atoms with E-state index in [4.69, 9.17) is 9.47 Å². The topological polar surface area (TPSA) is 58.1 Å². The molecule has 2 fully saturated rings. The zero-order valence-electron chi connectivity index (χ0n) is 18.5. The molecule has 1 saturated heterocycles. The zero-order chi connectivity index (χ0) is 21.4. The van der Waals surface area contributed by atoms with Crippen molar-refractivity contribution in [2.45, 2.75) is 24.8 Å². The van der Waals surface area contributed by atoms with E-state index in [1.54, 1.807) is 0 Å². The van der Waals surface area contributed by atoms with Gasteiger partial charge in [0.2, 0.25) is 0 Å². The number of guanidine groups is 1. The number of hydrogen-bond acceptors (Lipinski definition) is 4. The van der Waals surface area contributed by atoms with Crippen LogP contribution in [0.4, 0.5) is 0 Å². The molecule has 2 aliphatic rings. The Morgan fingerprint density at radius 1 is 1.06 bits per heavy atom. The highest BCUT2D eigenvalue weighted by atomic mass is 16.5. The highest BCUT2D eigenvalue weighted by Gasteiger charge is 2.43. The minimum atomic E-state index is 0.257. The molecule has 0 atom stereocenters. The molecule has 1 aliphatic carbocycles. The van der Waals surface area contributed by atoms with Crippen LogP contribution in [0.3, 0.4) is 0 Å². The molecule has 2 aromatic carbocycles. The molecule has 31 heavy (non-hydrogen) atoms. The Morgan fingerprint density at radius 3 is 2.61 bits per heavy atom. The van der Waals surface area contributed by atoms with Gasteiger partial charge in [0.15, 0.2) is 5.96 Å². The Morgan fingerprint density at radius 2 is 1.87 bits per heavy atom. The van der Waals surface area contributed by atoms with Crippen LogP contribution >= 0.6 is 0 Å². The first-order chi connectivity index (χ1) is 15.3. The molecule has 2 aromatic rings. The average Bonchev–Trinajstić information content (AvgIpc) is 3.62. The molecule has 0 aromatic heterocycles. The first-order valence-corrected chi connectivity index (χ1v) is 11.3. The molecule has 1 aliphatic heterocycles. The van der Waals surface area contributed by atoms with Crippen LogP contribution in [0.2, 0.25) is 0 Å². The van der Waals surface area contributed by atoms with Crippen molar-refractivity contribution in [3.63, 3.8) is 0 Å². The van der Waals surface area contributed by atoms with Crippen molar-refractivity contribution in [2.75, 3.05) is 53.0 Å². The zero-order valence-corrected chi connectivity index (χ0v) is 18.5. The van der Waals surface area contributed by atoms with Crippen molar-refractivity contribution >= 4 is 5.96 Å². The summed E-state index contributed by atoms with van der Waals surface area (Å²) in [6, 6.07) is 19.1. The Balaban J connectivity index is 1.22. The molecule has 4 rings (SSSR count). The number of benzene rings is 2. The summed E-state index contributed by atoms with van der Waals surface area (Å²) in [7, 11) is 1.82. The van der Waals surface area contributed by atoms with E-state index >= 15 is 0 Å². The summed E-state index contributed by atoms with van der Waals surface area (Å²) < 4.78 is 11.4. The number of rotatable bonds is 9. The molecule has 166 valence electrons. The number of morpholine rings is 1. The minimum Gasteiger partial charge on any atom is -0.492 e. The second-order valence-electron chi connectivity index (χ2n) is 8.38. The molecule has 2 N–H and O–H groups in total. The van der Waals surface area contributed by atoms with E-state index in [9.17, 15) is 0 Å². The molecular weight excluding hydrogens is 388 g/mol. The maximum absolute atomic E-state index is 5.98. The minimum absolute atomic E-state index is 0.257. The van der Waals surface area contributed by atoms with E-state index in [-0.39, 0.29) is 5.41 Å². The highest BCUT2D eigenvalue weighted by molar-refractivity contribution is 5.79. The quantitative estimate of drug-likeness (QED) is 0.481. The number of nitrogens with zero attached hydrogens (tertiary/aromatic N) is 2. The van der Waals surface area contributed by atoms with Crippen LogP contribution in [-0.4, -0.2) is 63.9 Å². The number of aliphatic imine (C=N–C) groups is 1. The van der Waals surface area contributed by atoms with E-state index in [0.29, 0.717) is 13.2 Å². The largest absolute Gasteiger partial charge is 0.492 e. The van der Waals surface area contributed by atoms with Crippen LogP contribution in [-0.2, 0) is 16.7 Å². The Labute approximate surface area is 185 Å². The maximum atomic E-state index is 5.98. The maximum Gasteiger partial charge on any atom is 0.191 e. The molecule has 0 amide bonds. The van der Waals surface area contributed by atoms with Crippen LogP contribution in [0.1, 0.15) is 24.0 Å². The van der Waals surface area contributed by atoms with E-state index in [1.165, 1.54) is 24.0 Å². The van der Waals surface area contributed by atoms with Gasteiger partial charge >= 0.3 is 0 Å². The van der Waals surface area contributed by atoms with Gasteiger partial charge in [-0.3, -0.25) is 9.89 Å². The summed E-state index contributed by atoms with van der Waals surface area (Å²) in [5.74, 6) is 1.75. The van der Waals surface area contributed by atoms with Crippen LogP contribution in [0.5, 0.6) is 5.75 Å². The molecule has 1 heterocycles. The number of nitrogens with one attached hydrogen (secondary N) is 2. The summed E-state index contributed by atoms with van der Waals surface area (Å²) in [4.78, 5) is 6.78. The predicted octanol–water partition coefficient (Wildman–Crippen LogP) is 2.79. The first kappa shape index (κ1) is 21.7. The van der Waals surface area contributed by atoms with Gasteiger partial charge in [0.05, 0.1) is 13.2 Å². The molecular formula is C25H34N4O2. The van der Waals surface area contributed by atoms with Gasteiger partial charge in [-0.05, 0) is 36.1 Å². The summed E-state index contributed by atoms with van der Waals surface area (Å²) in [6.07, 6.45) is 2.45. The lowest BCUT2D eigenvalue weighted by atomic mass is 9.96. The van der Waals surface area contributed by atoms with E-state index in [0.717, 1.165) is 51.1 Å². The third-order valence-corrected chi connectivity index (χ3v) is 6.20. The Hall–Kier alpha value is -2.57. The predicted molar refractivity (Wildman–Crippen MR) is 125 cm³/mol. The van der Waals surface area contributed by atoms with Crippen LogP contribution < -0.4 is 15.4 Å². The van der Waals surface area contributed by atoms with Gasteiger partial charge in [0.25, 0.3) is 0 Å². The third-order valence-electron chi connectivity index (χ3n) is 6.20. The van der Waals surface area contributed by atoms with Crippen molar-refractivity contribution in [3.05, 3.63) is 65.7 Å². The van der Waals surface area contributed by atoms with E-state index in [1.807, 2.05) is 19.2 Å². The fourth-order valence-corrected chi connectivity index (χ4v) is 4.03. The SMILES string of the molecule is CN=C(NCc1cccc(OCCN2CCOCC2)c1)NCC1(c2ccccc2)CC1. The van der Waals surface area contributed by atoms with Gasteiger partial charge in [0, 0.05) is 45.2 Å². The lowest BCUT2D eigenvalue weighted by Crippen LogP contribution is -2.40. The van der Waals surface area contributed by atoms with E-state index < -0.39 is 0 Å². The second kappa shape index (κ2) is 10.6. The molecule has 0 radical (unpaired) electrons. The number of hydrogen-bond donors (Lipinski definition) is 2. The van der Waals surface area contributed by atoms with Crippen molar-refractivity contribution in [3.8, 4) is 5.75 Å². The van der Waals surface area contributed by atoms with Crippen LogP contribution in [0.25, 0.3) is 0 Å². The van der Waals surface area contributed by atoms with Gasteiger partial charge in [-0.15, -0.1) is 0 Å². The monoisotopic (exact) mass is 422 g/mol. The fourth-order valence-electron chi connectivity index (χ4n) is 4.03. The summed E-state index contributed by atoms with van der Waals surface area (Å²) in [6.45, 7) is 6.87. The summed E-state index contributed by atoms with van der Waals surface area (Å²) in [5.41, 5.74) is 2.85. The van der Waals surface area contributed by atoms with Crippen LogP contribution in [0, 0.1) is 0 Å². The molecule has 1 saturated carbocycles. The van der Waals surface area contributed by atoms with Gasteiger partial charge in [0.1, 0.15) is 12.4 Å². The van der Waals surface area contributed by atoms with Crippen molar-refractivity contribution in [1.29, 1.82) is 0 Å². The third kappa shape index (κ3) is 6.21. The molecule has 0 spiro atoms. The van der Waals surface area contributed by atoms with Gasteiger partial charge in [-0.1, -0.05) is 42.5 Å². The molecule has 6 nitrogen and oxygen atoms in total. The van der Waals surface area contributed by atoms with Gasteiger partial charge < -0.3 is 20.1 Å². The lowest BCUT2D eigenvalue weighted by Gasteiger charge is -2.26. The Bertz CT molecular complexity index is 846. The molecule has 6 heteroatoms. The molecule has 0 bridgehead atoms. The molecule has 0 unspecified atom stereocenters. The van der Waals surface area contributed by atoms with Crippen molar-refractivity contribution < 1.29 is 9.47 Å². The first-order valence-electron chi connectivity index (χ1n) is 11.3. The van der Waals surface area contributed by atoms with Gasteiger partial charge in [-0.25, -0.2) is 0 Å². The average molecular weight is 423 g/mol. The fraction of sp³-hybridized carbons (Fsp3) is 0.480. The van der Waals surface area contributed by atoms with Crippen LogP contribution in [0.15, 0.2) is 59.6 Å². The van der Waals surface area contributed by atoms with Crippen molar-refractivity contribution in [2.24, 2.45) is 4.99 Å². The second-order valence-corrected chi connectivity index (χ2v) is 8.38. The van der Waals surface area contributed by atoms with Gasteiger partial charge in [-0.2, -0.15) is 0 Å². The smallest absolute Gasteiger partial charge is 0.191 e. The van der Waals surface area contributed by atoms with E-state index in [2.05, 4.69) is 63.0 Å². The standard InChI is InChI=1S/C25H34N4O2/c1-26-24(28-20-25(10-11-25)22-7-3-2-4-8-22)27-19-21-6-5-9-23(18-21)31-17-14-29-12-15-30-16-13-29/h2-9,18H,10-17,19-20H2,1H3,(H2,26,27,28). The highest BCUT2D eigenvalue weighted by Crippen LogP contribution is 2.47. The Kier molecular flexibility index (Phi) is 7.43. The normalized spacial score (nSPS) is 18.4. The van der Waals surface area contributed by atoms with Crippen molar-refractivity contribution in [1.82, 2.24) is 15.5 Å². The lowest BCUT2D eigenvalue weighted by molar-refractivity contribution is 0.0322. The summed E-state index contributed by atoms with van der Waals surface area (Å²) >= 11 is 0.